The molecule has 108 valence electrons. The van der Waals surface area contributed by atoms with Gasteiger partial charge >= 0.3 is 5.97 Å². The van der Waals surface area contributed by atoms with Crippen molar-refractivity contribution in [2.24, 2.45) is 0 Å². The minimum Gasteiger partial charge on any atom is -0.478 e. The number of aromatic carboxylic acids is 1. The fourth-order valence-electron chi connectivity index (χ4n) is 2.20. The fourth-order valence-corrected chi connectivity index (χ4v) is 3.62. The molecule has 3 rings (SSSR count). The van der Waals surface area contributed by atoms with E-state index in [1.54, 1.807) is 23.5 Å². The van der Waals surface area contributed by atoms with Gasteiger partial charge in [0.2, 0.25) is 0 Å². The summed E-state index contributed by atoms with van der Waals surface area (Å²) in [6.07, 6.45) is 0. The molecule has 3 aromatic rings. The number of thiophene rings is 1. The van der Waals surface area contributed by atoms with Crippen LogP contribution >= 0.6 is 27.3 Å². The second kappa shape index (κ2) is 6.01. The van der Waals surface area contributed by atoms with Gasteiger partial charge in [0.25, 0.3) is 0 Å². The molecule has 2 N–H and O–H groups in total. The number of carboxylic acids is 1. The van der Waals surface area contributed by atoms with Crippen molar-refractivity contribution in [1.82, 2.24) is 5.32 Å². The lowest BCUT2D eigenvalue weighted by atomic mass is 10.1. The molecule has 0 spiro atoms. The van der Waals surface area contributed by atoms with Crippen molar-refractivity contribution in [3.63, 3.8) is 0 Å². The van der Waals surface area contributed by atoms with Crippen molar-refractivity contribution >= 4 is 44.2 Å². The average molecular weight is 366 g/mol. The molecule has 0 radical (unpaired) electrons. The van der Waals surface area contributed by atoms with Crippen molar-refractivity contribution in [2.75, 3.05) is 0 Å². The van der Waals surface area contributed by atoms with Crippen LogP contribution in [0.1, 0.15) is 21.0 Å². The highest BCUT2D eigenvalue weighted by atomic mass is 79.9. The Balaban J connectivity index is 1.80. The molecule has 0 saturated carbocycles. The number of carbonyl (C=O) groups is 1. The van der Waals surface area contributed by atoms with Crippen LogP contribution < -0.4 is 5.32 Å². The summed E-state index contributed by atoms with van der Waals surface area (Å²) in [6.45, 7) is 1.05. The second-order valence-electron chi connectivity index (χ2n) is 4.54. The summed E-state index contributed by atoms with van der Waals surface area (Å²) in [7, 11) is 0. The third kappa shape index (κ3) is 3.02. The van der Waals surface area contributed by atoms with E-state index in [0.29, 0.717) is 29.8 Å². The van der Waals surface area contributed by atoms with Crippen LogP contribution in [0.4, 0.5) is 0 Å². The number of furan rings is 1. The van der Waals surface area contributed by atoms with Crippen molar-refractivity contribution in [3.8, 4) is 0 Å². The van der Waals surface area contributed by atoms with Crippen LogP contribution in [0.2, 0.25) is 0 Å². The number of hydrogen-bond acceptors (Lipinski definition) is 4. The summed E-state index contributed by atoms with van der Waals surface area (Å²) < 4.78 is 6.71. The summed E-state index contributed by atoms with van der Waals surface area (Å²) in [6, 6.07) is 9.22. The zero-order valence-electron chi connectivity index (χ0n) is 10.9. The second-order valence-corrected chi connectivity index (χ2v) is 6.45. The quantitative estimate of drug-likeness (QED) is 0.709. The molecular formula is C15H12BrNO3S. The highest BCUT2D eigenvalue weighted by molar-refractivity contribution is 9.10. The van der Waals surface area contributed by atoms with Gasteiger partial charge in [0.05, 0.1) is 6.54 Å². The highest BCUT2D eigenvalue weighted by Gasteiger charge is 2.19. The zero-order valence-corrected chi connectivity index (χ0v) is 13.3. The molecular weight excluding hydrogens is 354 g/mol. The molecule has 0 unspecified atom stereocenters. The highest BCUT2D eigenvalue weighted by Crippen LogP contribution is 2.26. The summed E-state index contributed by atoms with van der Waals surface area (Å²) in [5, 5.41) is 15.3. The minimum atomic E-state index is -0.962. The van der Waals surface area contributed by atoms with E-state index in [1.807, 2.05) is 23.6 Å². The SMILES string of the molecule is O=C(O)c1c(CNCc2cc(Br)cs2)oc2ccccc12. The summed E-state index contributed by atoms with van der Waals surface area (Å²) in [4.78, 5) is 12.6. The number of rotatable bonds is 5. The molecule has 4 nitrogen and oxygen atoms in total. The third-order valence-corrected chi connectivity index (χ3v) is 4.79. The number of halogens is 1. The standard InChI is InChI=1S/C15H12BrNO3S/c16-9-5-10(21-8-9)6-17-7-13-14(15(18)19)11-3-1-2-4-12(11)20-13/h1-5,8,17H,6-7H2,(H,18,19). The molecule has 6 heteroatoms. The van der Waals surface area contributed by atoms with E-state index in [2.05, 4.69) is 21.2 Å². The van der Waals surface area contributed by atoms with Crippen LogP contribution in [0.5, 0.6) is 0 Å². The number of fused-ring (bicyclic) bond motifs is 1. The normalized spacial score (nSPS) is 11.1. The summed E-state index contributed by atoms with van der Waals surface area (Å²) in [5.74, 6) is -0.505. The predicted molar refractivity (Wildman–Crippen MR) is 85.7 cm³/mol. The maximum absolute atomic E-state index is 11.4. The Kier molecular flexibility index (Phi) is 4.10. The first-order chi connectivity index (χ1) is 10.1. The van der Waals surface area contributed by atoms with Crippen molar-refractivity contribution in [1.29, 1.82) is 0 Å². The van der Waals surface area contributed by atoms with E-state index in [4.69, 9.17) is 4.42 Å². The van der Waals surface area contributed by atoms with Crippen molar-refractivity contribution in [2.45, 2.75) is 13.1 Å². The average Bonchev–Trinajstić information content (AvgIpc) is 3.02. The van der Waals surface area contributed by atoms with Gasteiger partial charge in [0.15, 0.2) is 0 Å². The smallest absolute Gasteiger partial charge is 0.339 e. The summed E-state index contributed by atoms with van der Waals surface area (Å²) in [5.41, 5.74) is 0.844. The Morgan fingerprint density at radius 2 is 2.14 bits per heavy atom. The van der Waals surface area contributed by atoms with Crippen molar-refractivity contribution < 1.29 is 14.3 Å². The molecule has 2 aromatic heterocycles. The van der Waals surface area contributed by atoms with E-state index in [0.717, 1.165) is 4.47 Å². The van der Waals surface area contributed by atoms with Gasteiger partial charge in [0, 0.05) is 26.7 Å². The van der Waals surface area contributed by atoms with Gasteiger partial charge in [-0.25, -0.2) is 4.79 Å². The lowest BCUT2D eigenvalue weighted by Gasteiger charge is -2.01. The Hall–Kier alpha value is -1.63. The maximum Gasteiger partial charge on any atom is 0.339 e. The molecule has 0 bridgehead atoms. The first kappa shape index (κ1) is 14.3. The van der Waals surface area contributed by atoms with Gasteiger partial charge < -0.3 is 14.8 Å². The molecule has 0 aliphatic heterocycles. The van der Waals surface area contributed by atoms with Crippen LogP contribution in [0, 0.1) is 0 Å². The van der Waals surface area contributed by atoms with E-state index in [9.17, 15) is 9.90 Å². The van der Waals surface area contributed by atoms with Gasteiger partial charge in [-0.3, -0.25) is 0 Å². The number of hydrogen-bond donors (Lipinski definition) is 2. The maximum atomic E-state index is 11.4. The van der Waals surface area contributed by atoms with E-state index in [1.165, 1.54) is 4.88 Å². The fraction of sp³-hybridized carbons (Fsp3) is 0.133. The largest absolute Gasteiger partial charge is 0.478 e. The number of carboxylic acid groups (broad SMARTS) is 1. The Bertz CT molecular complexity index is 793. The molecule has 0 fully saturated rings. The van der Waals surface area contributed by atoms with Gasteiger partial charge in [-0.2, -0.15) is 0 Å². The Labute approximate surface area is 133 Å². The van der Waals surface area contributed by atoms with Crippen LogP contribution in [-0.2, 0) is 13.1 Å². The lowest BCUT2D eigenvalue weighted by molar-refractivity contribution is 0.0696. The number of para-hydroxylation sites is 1. The monoisotopic (exact) mass is 365 g/mol. The molecule has 2 heterocycles. The van der Waals surface area contributed by atoms with Crippen LogP contribution in [-0.4, -0.2) is 11.1 Å². The molecule has 0 aliphatic carbocycles. The van der Waals surface area contributed by atoms with E-state index in [-0.39, 0.29) is 5.56 Å². The molecule has 1 aromatic carbocycles. The number of benzene rings is 1. The van der Waals surface area contributed by atoms with E-state index >= 15 is 0 Å². The first-order valence-corrected chi connectivity index (χ1v) is 8.00. The van der Waals surface area contributed by atoms with Gasteiger partial charge in [-0.15, -0.1) is 11.3 Å². The molecule has 0 saturated heterocycles. The Morgan fingerprint density at radius 1 is 1.33 bits per heavy atom. The summed E-state index contributed by atoms with van der Waals surface area (Å²) >= 11 is 5.05. The Morgan fingerprint density at radius 3 is 2.86 bits per heavy atom. The van der Waals surface area contributed by atoms with Crippen LogP contribution in [0.15, 0.2) is 44.6 Å². The van der Waals surface area contributed by atoms with Crippen LogP contribution in [0.25, 0.3) is 11.0 Å². The van der Waals surface area contributed by atoms with Gasteiger partial charge in [-0.1, -0.05) is 18.2 Å². The van der Waals surface area contributed by atoms with Gasteiger partial charge in [-0.05, 0) is 28.1 Å². The minimum absolute atomic E-state index is 0.241. The van der Waals surface area contributed by atoms with Gasteiger partial charge in [0.1, 0.15) is 16.9 Å². The predicted octanol–water partition coefficient (Wildman–Crippen LogP) is 4.24. The number of nitrogens with one attached hydrogen (secondary N) is 1. The van der Waals surface area contributed by atoms with Crippen LogP contribution in [0.3, 0.4) is 0 Å². The van der Waals surface area contributed by atoms with Crippen molar-refractivity contribution in [3.05, 3.63) is 56.4 Å². The van der Waals surface area contributed by atoms with E-state index < -0.39 is 5.97 Å². The third-order valence-electron chi connectivity index (χ3n) is 3.09. The molecule has 0 aliphatic rings. The zero-order chi connectivity index (χ0) is 14.8. The molecule has 0 atom stereocenters. The first-order valence-electron chi connectivity index (χ1n) is 6.32. The lowest BCUT2D eigenvalue weighted by Crippen LogP contribution is -2.13. The topological polar surface area (TPSA) is 62.5 Å². The molecule has 0 amide bonds. The molecule has 21 heavy (non-hydrogen) atoms.